The topological polar surface area (TPSA) is 96.7 Å². The van der Waals surface area contributed by atoms with Crippen molar-refractivity contribution in [2.45, 2.75) is 43.9 Å². The number of rotatable bonds is 6. The second-order valence-electron chi connectivity index (χ2n) is 8.04. The molecule has 1 aliphatic heterocycles. The Morgan fingerprint density at radius 2 is 1.87 bits per heavy atom. The summed E-state index contributed by atoms with van der Waals surface area (Å²) in [7, 11) is -3.62. The minimum Gasteiger partial charge on any atom is -0.343 e. The molecule has 0 spiro atoms. The number of pyridine rings is 1. The van der Waals surface area contributed by atoms with E-state index in [9.17, 15) is 13.2 Å². The summed E-state index contributed by atoms with van der Waals surface area (Å²) in [5.41, 5.74) is 2.78. The summed E-state index contributed by atoms with van der Waals surface area (Å²) in [6.45, 7) is 5.17. The molecule has 1 amide bonds. The van der Waals surface area contributed by atoms with Gasteiger partial charge in [0.2, 0.25) is 15.9 Å². The molecule has 2 aromatic heterocycles. The molecule has 3 aromatic rings. The number of hydrogen-bond donors (Lipinski definition) is 1. The van der Waals surface area contributed by atoms with Crippen molar-refractivity contribution in [3.05, 3.63) is 59.5 Å². The number of nitrogens with zero attached hydrogens (tertiary/aromatic N) is 4. The van der Waals surface area contributed by atoms with Gasteiger partial charge in [-0.15, -0.1) is 10.2 Å². The smallest absolute Gasteiger partial charge is 0.240 e. The van der Waals surface area contributed by atoms with Gasteiger partial charge in [0, 0.05) is 38.2 Å². The van der Waals surface area contributed by atoms with E-state index >= 15 is 0 Å². The number of aryl methyl sites for hydroxylation is 2. The first kappa shape index (κ1) is 21.5. The molecule has 0 saturated carbocycles. The summed E-state index contributed by atoms with van der Waals surface area (Å²) < 4.78 is 29.5. The van der Waals surface area contributed by atoms with Crippen LogP contribution in [0, 0.1) is 13.8 Å². The second kappa shape index (κ2) is 8.76. The number of fused-ring (bicyclic) bond motifs is 1. The van der Waals surface area contributed by atoms with Crippen LogP contribution in [0.3, 0.4) is 0 Å². The average Bonchev–Trinajstić information content (AvgIpc) is 3.19. The lowest BCUT2D eigenvalue weighted by atomic mass is 9.96. The quantitative estimate of drug-likeness (QED) is 0.634. The molecule has 0 radical (unpaired) electrons. The number of aromatic nitrogens is 3. The highest BCUT2D eigenvalue weighted by Crippen LogP contribution is 2.27. The van der Waals surface area contributed by atoms with Gasteiger partial charge in [0.25, 0.3) is 0 Å². The van der Waals surface area contributed by atoms with Gasteiger partial charge in [-0.1, -0.05) is 12.1 Å². The van der Waals surface area contributed by atoms with Crippen LogP contribution in [0.15, 0.2) is 47.5 Å². The van der Waals surface area contributed by atoms with E-state index in [2.05, 4.69) is 14.9 Å². The van der Waals surface area contributed by atoms with Crippen LogP contribution in [0.1, 0.15) is 42.1 Å². The Morgan fingerprint density at radius 3 is 2.61 bits per heavy atom. The number of carbonyl (C=O) groups excluding carboxylic acids is 1. The van der Waals surface area contributed by atoms with E-state index in [1.165, 1.54) is 0 Å². The van der Waals surface area contributed by atoms with E-state index in [0.29, 0.717) is 13.1 Å². The maximum Gasteiger partial charge on any atom is 0.240 e. The molecule has 4 rings (SSSR count). The van der Waals surface area contributed by atoms with E-state index < -0.39 is 10.0 Å². The Labute approximate surface area is 182 Å². The van der Waals surface area contributed by atoms with Crippen LogP contribution in [0.2, 0.25) is 0 Å². The third-order valence-electron chi connectivity index (χ3n) is 5.97. The highest BCUT2D eigenvalue weighted by atomic mass is 32.2. The number of nitrogens with one attached hydrogen (secondary N) is 1. The van der Waals surface area contributed by atoms with E-state index in [1.54, 1.807) is 18.2 Å². The van der Waals surface area contributed by atoms with Crippen molar-refractivity contribution in [1.29, 1.82) is 0 Å². The maximum absolute atomic E-state index is 12.6. The highest BCUT2D eigenvalue weighted by Gasteiger charge is 2.27. The number of carbonyl (C=O) groups is 1. The Hall–Kier alpha value is -2.78. The first-order valence-electron chi connectivity index (χ1n) is 10.5. The van der Waals surface area contributed by atoms with Gasteiger partial charge in [0.1, 0.15) is 5.82 Å². The molecule has 1 N–H and O–H groups in total. The molecule has 1 saturated heterocycles. The van der Waals surface area contributed by atoms with Gasteiger partial charge in [-0.3, -0.25) is 9.20 Å². The first-order valence-corrected chi connectivity index (χ1v) is 12.0. The van der Waals surface area contributed by atoms with Crippen molar-refractivity contribution in [2.75, 3.05) is 19.6 Å². The van der Waals surface area contributed by atoms with Gasteiger partial charge < -0.3 is 4.90 Å². The Balaban J connectivity index is 1.29. The number of piperidine rings is 1. The zero-order chi connectivity index (χ0) is 22.0. The summed E-state index contributed by atoms with van der Waals surface area (Å²) in [6.07, 6.45) is 3.73. The molecule has 8 nitrogen and oxygen atoms in total. The number of likely N-dealkylation sites (tertiary alicyclic amines) is 1. The number of hydrogen-bond acceptors (Lipinski definition) is 5. The van der Waals surface area contributed by atoms with Gasteiger partial charge in [-0.2, -0.15) is 0 Å². The van der Waals surface area contributed by atoms with Crippen molar-refractivity contribution in [3.8, 4) is 0 Å². The zero-order valence-corrected chi connectivity index (χ0v) is 18.6. The molecule has 0 unspecified atom stereocenters. The van der Waals surface area contributed by atoms with Crippen LogP contribution in [0.4, 0.5) is 0 Å². The SMILES string of the molecule is Cc1ccc(S(=O)(=O)NCCC(=O)N2CCC(c3nnc4ccccn34)CC2)cc1C. The minimum atomic E-state index is -3.62. The molecule has 9 heteroatoms. The fourth-order valence-corrected chi connectivity index (χ4v) is 5.06. The Bertz CT molecular complexity index is 1200. The van der Waals surface area contributed by atoms with Gasteiger partial charge >= 0.3 is 0 Å². The molecule has 3 heterocycles. The maximum atomic E-state index is 12.6. The summed E-state index contributed by atoms with van der Waals surface area (Å²) in [6, 6.07) is 10.8. The highest BCUT2D eigenvalue weighted by molar-refractivity contribution is 7.89. The molecule has 1 aliphatic rings. The first-order chi connectivity index (χ1) is 14.8. The van der Waals surface area contributed by atoms with Crippen molar-refractivity contribution in [3.63, 3.8) is 0 Å². The van der Waals surface area contributed by atoms with Crippen LogP contribution < -0.4 is 4.72 Å². The van der Waals surface area contributed by atoms with Crippen LogP contribution in [-0.4, -0.2) is 53.5 Å². The van der Waals surface area contributed by atoms with E-state index in [-0.39, 0.29) is 29.7 Å². The Kier molecular flexibility index (Phi) is 6.06. The lowest BCUT2D eigenvalue weighted by molar-refractivity contribution is -0.132. The van der Waals surface area contributed by atoms with Gasteiger partial charge in [-0.25, -0.2) is 13.1 Å². The van der Waals surface area contributed by atoms with Crippen LogP contribution in [0.5, 0.6) is 0 Å². The molecular formula is C22H27N5O3S. The monoisotopic (exact) mass is 441 g/mol. The van der Waals surface area contributed by atoms with E-state index in [0.717, 1.165) is 35.4 Å². The summed E-state index contributed by atoms with van der Waals surface area (Å²) in [5, 5.41) is 8.55. The lowest BCUT2D eigenvalue weighted by Gasteiger charge is -2.31. The van der Waals surface area contributed by atoms with Crippen molar-refractivity contribution < 1.29 is 13.2 Å². The number of benzene rings is 1. The normalized spacial score (nSPS) is 15.5. The standard InChI is InChI=1S/C22H27N5O3S/c1-16-6-7-19(15-17(16)2)31(29,30)23-11-8-21(28)26-13-9-18(10-14-26)22-25-24-20-5-3-4-12-27(20)22/h3-7,12,15,18,23H,8-11,13-14H2,1-2H3. The molecule has 1 aromatic carbocycles. The van der Waals surface area contributed by atoms with Gasteiger partial charge in [0.15, 0.2) is 5.65 Å². The molecule has 0 bridgehead atoms. The Morgan fingerprint density at radius 1 is 1.10 bits per heavy atom. The van der Waals surface area contributed by atoms with Crippen LogP contribution >= 0.6 is 0 Å². The predicted octanol–water partition coefficient (Wildman–Crippen LogP) is 2.42. The fourth-order valence-electron chi connectivity index (χ4n) is 3.94. The van der Waals surface area contributed by atoms with Crippen molar-refractivity contribution >= 4 is 21.6 Å². The fraction of sp³-hybridized carbons (Fsp3) is 0.409. The predicted molar refractivity (Wildman–Crippen MR) is 117 cm³/mol. The summed E-state index contributed by atoms with van der Waals surface area (Å²) in [4.78, 5) is 14.6. The summed E-state index contributed by atoms with van der Waals surface area (Å²) in [5.74, 6) is 1.15. The van der Waals surface area contributed by atoms with Crippen LogP contribution in [0.25, 0.3) is 5.65 Å². The summed E-state index contributed by atoms with van der Waals surface area (Å²) >= 11 is 0. The number of amides is 1. The molecule has 31 heavy (non-hydrogen) atoms. The lowest BCUT2D eigenvalue weighted by Crippen LogP contribution is -2.39. The molecular weight excluding hydrogens is 414 g/mol. The number of sulfonamides is 1. The largest absolute Gasteiger partial charge is 0.343 e. The zero-order valence-electron chi connectivity index (χ0n) is 17.8. The average molecular weight is 442 g/mol. The van der Waals surface area contributed by atoms with E-state index in [4.69, 9.17) is 0 Å². The molecule has 1 fully saturated rings. The minimum absolute atomic E-state index is 0.0349. The molecule has 0 aliphatic carbocycles. The van der Waals surface area contributed by atoms with E-state index in [1.807, 2.05) is 47.5 Å². The van der Waals surface area contributed by atoms with Crippen LogP contribution in [-0.2, 0) is 14.8 Å². The van der Waals surface area contributed by atoms with Crippen molar-refractivity contribution in [2.24, 2.45) is 0 Å². The third kappa shape index (κ3) is 4.62. The second-order valence-corrected chi connectivity index (χ2v) is 9.80. The molecule has 0 atom stereocenters. The van der Waals surface area contributed by atoms with Crippen molar-refractivity contribution in [1.82, 2.24) is 24.2 Å². The van der Waals surface area contributed by atoms with Gasteiger partial charge in [0.05, 0.1) is 4.90 Å². The van der Waals surface area contributed by atoms with Gasteiger partial charge in [-0.05, 0) is 62.1 Å². The molecule has 164 valence electrons. The third-order valence-corrected chi connectivity index (χ3v) is 7.43.